The number of aryl methyl sites for hydroxylation is 1. The number of aromatic nitrogens is 3. The second-order valence-corrected chi connectivity index (χ2v) is 7.60. The molecule has 3 aromatic rings. The Kier molecular flexibility index (Phi) is 6.64. The Morgan fingerprint density at radius 1 is 1.36 bits per heavy atom. The van der Waals surface area contributed by atoms with Gasteiger partial charge >= 0.3 is 0 Å². The molecule has 0 radical (unpaired) electrons. The van der Waals surface area contributed by atoms with Crippen LogP contribution < -0.4 is 5.32 Å². The summed E-state index contributed by atoms with van der Waals surface area (Å²) in [5.74, 6) is 0.839. The van der Waals surface area contributed by atoms with Crippen molar-refractivity contribution in [1.29, 1.82) is 0 Å². The maximum atomic E-state index is 5.35. The molecule has 0 bridgehead atoms. The summed E-state index contributed by atoms with van der Waals surface area (Å²) in [5.41, 5.74) is 4.07. The summed E-state index contributed by atoms with van der Waals surface area (Å²) in [7, 11) is 3.72. The zero-order chi connectivity index (χ0) is 20.1. The maximum Gasteiger partial charge on any atom is 0.194 e. The molecule has 3 aromatic heterocycles. The average Bonchev–Trinajstić information content (AvgIpc) is 3.32. The van der Waals surface area contributed by atoms with Gasteiger partial charge in [-0.1, -0.05) is 6.07 Å². The van der Waals surface area contributed by atoms with Gasteiger partial charge in [0, 0.05) is 38.0 Å². The molecule has 0 saturated heterocycles. The number of nitrogens with zero attached hydrogens (tertiary/aromatic N) is 5. The van der Waals surface area contributed by atoms with E-state index >= 15 is 0 Å². The largest absolute Gasteiger partial charge is 0.375 e. The number of hydrogen-bond donors (Lipinski definition) is 1. The van der Waals surface area contributed by atoms with Gasteiger partial charge in [-0.15, -0.1) is 11.3 Å². The summed E-state index contributed by atoms with van der Waals surface area (Å²) in [5, 5.41) is 6.42. The fourth-order valence-corrected chi connectivity index (χ4v) is 3.74. The molecule has 7 nitrogen and oxygen atoms in total. The number of rotatable bonds is 7. The van der Waals surface area contributed by atoms with E-state index in [1.165, 1.54) is 0 Å². The fourth-order valence-electron chi connectivity index (χ4n) is 2.90. The van der Waals surface area contributed by atoms with Crippen LogP contribution in [0.4, 0.5) is 0 Å². The first kappa shape index (κ1) is 20.3. The van der Waals surface area contributed by atoms with Crippen LogP contribution >= 0.6 is 11.3 Å². The molecular formula is C20H28N6OS. The zero-order valence-electron chi connectivity index (χ0n) is 17.1. The Bertz CT molecular complexity index is 947. The second-order valence-electron chi connectivity index (χ2n) is 6.71. The minimum atomic E-state index is 0.0180. The number of fused-ring (bicyclic) bond motifs is 1. The lowest BCUT2D eigenvalue weighted by Gasteiger charge is -2.21. The van der Waals surface area contributed by atoms with Crippen molar-refractivity contribution in [3.8, 4) is 0 Å². The molecule has 0 aliphatic heterocycles. The molecule has 1 N–H and O–H groups in total. The molecular weight excluding hydrogens is 372 g/mol. The van der Waals surface area contributed by atoms with E-state index in [1.807, 2.05) is 26.1 Å². The van der Waals surface area contributed by atoms with E-state index in [-0.39, 0.29) is 6.10 Å². The summed E-state index contributed by atoms with van der Waals surface area (Å²) < 4.78 is 7.44. The lowest BCUT2D eigenvalue weighted by molar-refractivity contribution is 0.119. The van der Waals surface area contributed by atoms with E-state index in [0.29, 0.717) is 13.1 Å². The predicted octanol–water partition coefficient (Wildman–Crippen LogP) is 3.40. The van der Waals surface area contributed by atoms with Crippen molar-refractivity contribution in [3.05, 3.63) is 51.9 Å². The van der Waals surface area contributed by atoms with Crippen molar-refractivity contribution in [2.45, 2.75) is 40.0 Å². The van der Waals surface area contributed by atoms with Crippen LogP contribution in [0.1, 0.15) is 42.0 Å². The number of thiazole rings is 1. The van der Waals surface area contributed by atoms with Crippen LogP contribution in [0, 0.1) is 6.92 Å². The monoisotopic (exact) mass is 400 g/mol. The van der Waals surface area contributed by atoms with Crippen LogP contribution in [0.25, 0.3) is 5.65 Å². The van der Waals surface area contributed by atoms with Crippen LogP contribution in [0.3, 0.4) is 0 Å². The van der Waals surface area contributed by atoms with Gasteiger partial charge in [0.05, 0.1) is 24.5 Å². The van der Waals surface area contributed by atoms with Crippen molar-refractivity contribution < 1.29 is 4.74 Å². The summed E-state index contributed by atoms with van der Waals surface area (Å²) in [6.45, 7) is 8.16. The van der Waals surface area contributed by atoms with E-state index in [9.17, 15) is 0 Å². The smallest absolute Gasteiger partial charge is 0.194 e. The number of hydrogen-bond acceptors (Lipinski definition) is 5. The Morgan fingerprint density at radius 3 is 2.89 bits per heavy atom. The lowest BCUT2D eigenvalue weighted by Crippen LogP contribution is -2.38. The highest BCUT2D eigenvalue weighted by Crippen LogP contribution is 2.21. The zero-order valence-corrected chi connectivity index (χ0v) is 18.0. The number of ether oxygens (including phenoxy) is 1. The van der Waals surface area contributed by atoms with Crippen molar-refractivity contribution in [3.63, 3.8) is 0 Å². The fraction of sp³-hybridized carbons (Fsp3) is 0.450. The number of nitrogens with one attached hydrogen (secondary N) is 1. The van der Waals surface area contributed by atoms with Crippen molar-refractivity contribution in [2.24, 2.45) is 4.99 Å². The summed E-state index contributed by atoms with van der Waals surface area (Å²) in [6.07, 6.45) is 2.07. The quantitative estimate of drug-likeness (QED) is 0.486. The highest BCUT2D eigenvalue weighted by molar-refractivity contribution is 7.09. The highest BCUT2D eigenvalue weighted by atomic mass is 32.1. The van der Waals surface area contributed by atoms with Gasteiger partial charge in [0.15, 0.2) is 5.96 Å². The predicted molar refractivity (Wildman–Crippen MR) is 114 cm³/mol. The molecule has 3 heterocycles. The average molecular weight is 401 g/mol. The maximum absolute atomic E-state index is 5.35. The molecule has 0 saturated carbocycles. The van der Waals surface area contributed by atoms with Crippen LogP contribution in [0.15, 0.2) is 34.8 Å². The molecule has 1 unspecified atom stereocenters. The van der Waals surface area contributed by atoms with E-state index < -0.39 is 0 Å². The van der Waals surface area contributed by atoms with E-state index in [4.69, 9.17) is 9.73 Å². The first-order chi connectivity index (χ1) is 13.5. The van der Waals surface area contributed by atoms with Crippen molar-refractivity contribution in [2.75, 3.05) is 20.7 Å². The summed E-state index contributed by atoms with van der Waals surface area (Å²) in [6, 6.07) is 6.11. The Balaban J connectivity index is 1.71. The molecule has 0 amide bonds. The second kappa shape index (κ2) is 9.16. The minimum absolute atomic E-state index is 0.0180. The summed E-state index contributed by atoms with van der Waals surface area (Å²) in [4.78, 5) is 16.2. The number of aliphatic imine (C=N–C) groups is 1. The van der Waals surface area contributed by atoms with Crippen molar-refractivity contribution in [1.82, 2.24) is 24.6 Å². The highest BCUT2D eigenvalue weighted by Gasteiger charge is 2.13. The van der Waals surface area contributed by atoms with Crippen LogP contribution in [-0.4, -0.2) is 45.9 Å². The third kappa shape index (κ3) is 4.69. The number of methoxy groups -OCH3 is 1. The van der Waals surface area contributed by atoms with Crippen LogP contribution in [0.2, 0.25) is 0 Å². The molecule has 0 aromatic carbocycles. The molecule has 3 rings (SSSR count). The Morgan fingerprint density at radius 2 is 2.18 bits per heavy atom. The standard InChI is InChI=1S/C20H28N6OS/c1-6-21-20(25(4)11-17-13-28-19(24-17)15(3)27-5)22-10-16-12-26-14(2)8-7-9-18(26)23-16/h7-9,12-13,15H,6,10-11H2,1-5H3,(H,21,22). The third-order valence-electron chi connectivity index (χ3n) is 4.50. The van der Waals surface area contributed by atoms with Gasteiger partial charge in [-0.2, -0.15) is 0 Å². The van der Waals surface area contributed by atoms with E-state index in [2.05, 4.69) is 56.1 Å². The van der Waals surface area contributed by atoms with Gasteiger partial charge in [0.1, 0.15) is 16.8 Å². The van der Waals surface area contributed by atoms with Crippen molar-refractivity contribution >= 4 is 22.9 Å². The first-order valence-corrected chi connectivity index (χ1v) is 10.3. The molecule has 8 heteroatoms. The third-order valence-corrected chi connectivity index (χ3v) is 5.56. The Labute approximate surface area is 170 Å². The molecule has 0 aliphatic rings. The molecule has 1 atom stereocenters. The number of pyridine rings is 1. The first-order valence-electron chi connectivity index (χ1n) is 9.42. The van der Waals surface area contributed by atoms with Gasteiger partial charge in [-0.3, -0.25) is 0 Å². The van der Waals surface area contributed by atoms with Gasteiger partial charge in [-0.05, 0) is 32.9 Å². The van der Waals surface area contributed by atoms with Crippen LogP contribution in [0.5, 0.6) is 0 Å². The van der Waals surface area contributed by atoms with Crippen LogP contribution in [-0.2, 0) is 17.8 Å². The topological polar surface area (TPSA) is 67.0 Å². The van der Waals surface area contributed by atoms with E-state index in [1.54, 1.807) is 18.4 Å². The van der Waals surface area contributed by atoms with E-state index in [0.717, 1.165) is 40.2 Å². The SMILES string of the molecule is CCNC(=NCc1cn2c(C)cccc2n1)N(C)Cc1csc(C(C)OC)n1. The molecule has 0 aliphatic carbocycles. The molecule has 0 fully saturated rings. The van der Waals surface area contributed by atoms with Gasteiger partial charge in [0.25, 0.3) is 0 Å². The lowest BCUT2D eigenvalue weighted by atomic mass is 10.4. The molecule has 28 heavy (non-hydrogen) atoms. The van der Waals surface area contributed by atoms with Gasteiger partial charge in [-0.25, -0.2) is 15.0 Å². The Hall–Kier alpha value is -2.45. The number of imidazole rings is 1. The molecule has 0 spiro atoms. The summed E-state index contributed by atoms with van der Waals surface area (Å²) >= 11 is 1.63. The normalized spacial score (nSPS) is 13.1. The van der Waals surface area contributed by atoms with Gasteiger partial charge < -0.3 is 19.4 Å². The minimum Gasteiger partial charge on any atom is -0.375 e. The number of guanidine groups is 1. The molecule has 150 valence electrons. The van der Waals surface area contributed by atoms with Gasteiger partial charge in [0.2, 0.25) is 0 Å².